The van der Waals surface area contributed by atoms with Crippen LogP contribution in [0.15, 0.2) is 6.20 Å². The lowest BCUT2D eigenvalue weighted by Gasteiger charge is -2.18. The highest BCUT2D eigenvalue weighted by atomic mass is 32.1. The van der Waals surface area contributed by atoms with Crippen LogP contribution in [-0.4, -0.2) is 23.5 Å². The van der Waals surface area contributed by atoms with E-state index >= 15 is 0 Å². The van der Waals surface area contributed by atoms with Crippen molar-refractivity contribution in [1.82, 2.24) is 15.6 Å². The van der Waals surface area contributed by atoms with Gasteiger partial charge in [0.05, 0.1) is 12.1 Å². The summed E-state index contributed by atoms with van der Waals surface area (Å²) < 4.78 is 0. The average Bonchev–Trinajstić information content (AvgIpc) is 2.84. The van der Waals surface area contributed by atoms with Crippen LogP contribution in [-0.2, 0) is 11.2 Å². The lowest BCUT2D eigenvalue weighted by molar-refractivity contribution is -0.123. The molecule has 0 aliphatic heterocycles. The number of hydrogen-bond donors (Lipinski definition) is 2. The first-order valence-electron chi connectivity index (χ1n) is 6.92. The van der Waals surface area contributed by atoms with Gasteiger partial charge < -0.3 is 5.32 Å². The molecule has 0 saturated heterocycles. The maximum Gasteiger partial charge on any atom is 0.236 e. The molecule has 0 aromatic carbocycles. The Balaban J connectivity index is 2.46. The first-order valence-corrected chi connectivity index (χ1v) is 7.74. The molecular weight excluding hydrogens is 258 g/mol. The van der Waals surface area contributed by atoms with E-state index in [0.717, 1.165) is 18.0 Å². The summed E-state index contributed by atoms with van der Waals surface area (Å²) in [6.07, 6.45) is 2.93. The average molecular weight is 283 g/mol. The fourth-order valence-corrected chi connectivity index (χ4v) is 2.53. The zero-order valence-electron chi connectivity index (χ0n) is 12.5. The number of amides is 1. The molecule has 0 radical (unpaired) electrons. The second-order valence-electron chi connectivity index (χ2n) is 5.27. The Morgan fingerprint density at radius 3 is 2.58 bits per heavy atom. The Kier molecular flexibility index (Phi) is 6.45. The molecule has 0 aliphatic carbocycles. The van der Waals surface area contributed by atoms with Gasteiger partial charge in [-0.1, -0.05) is 20.8 Å². The van der Waals surface area contributed by atoms with E-state index in [1.54, 1.807) is 11.3 Å². The summed E-state index contributed by atoms with van der Waals surface area (Å²) in [6.45, 7) is 10.9. The van der Waals surface area contributed by atoms with E-state index in [-0.39, 0.29) is 18.0 Å². The first kappa shape index (κ1) is 16.1. The predicted octanol–water partition coefficient (Wildman–Crippen LogP) is 2.52. The van der Waals surface area contributed by atoms with E-state index in [9.17, 15) is 4.79 Å². The topological polar surface area (TPSA) is 54.0 Å². The van der Waals surface area contributed by atoms with Crippen molar-refractivity contribution < 1.29 is 4.79 Å². The van der Waals surface area contributed by atoms with Crippen LogP contribution >= 0.6 is 11.3 Å². The van der Waals surface area contributed by atoms with E-state index in [1.165, 1.54) is 4.88 Å². The second kappa shape index (κ2) is 7.60. The van der Waals surface area contributed by atoms with Crippen LogP contribution in [0.2, 0.25) is 0 Å². The summed E-state index contributed by atoms with van der Waals surface area (Å²) in [5, 5.41) is 7.27. The van der Waals surface area contributed by atoms with Crippen molar-refractivity contribution in [3.05, 3.63) is 16.1 Å². The van der Waals surface area contributed by atoms with Gasteiger partial charge in [-0.2, -0.15) is 0 Å². The Labute approximate surface area is 120 Å². The summed E-state index contributed by atoms with van der Waals surface area (Å²) in [5.41, 5.74) is 0. The SMILES string of the molecule is CCc1cnc(C(C)NC(C)C(=O)NCC(C)C)s1. The van der Waals surface area contributed by atoms with E-state index in [2.05, 4.69) is 36.4 Å². The molecule has 19 heavy (non-hydrogen) atoms. The third-order valence-electron chi connectivity index (χ3n) is 2.87. The molecule has 0 aliphatic rings. The second-order valence-corrected chi connectivity index (χ2v) is 6.41. The molecule has 2 N–H and O–H groups in total. The summed E-state index contributed by atoms with van der Waals surface area (Å²) in [4.78, 5) is 17.6. The van der Waals surface area contributed by atoms with Gasteiger partial charge in [0.15, 0.2) is 0 Å². The molecule has 108 valence electrons. The van der Waals surface area contributed by atoms with Crippen LogP contribution in [0.25, 0.3) is 0 Å². The number of hydrogen-bond acceptors (Lipinski definition) is 4. The van der Waals surface area contributed by atoms with Gasteiger partial charge in [-0.25, -0.2) is 4.98 Å². The molecule has 0 bridgehead atoms. The molecular formula is C14H25N3OS. The van der Waals surface area contributed by atoms with E-state index in [1.807, 2.05) is 20.0 Å². The minimum Gasteiger partial charge on any atom is -0.354 e. The summed E-state index contributed by atoms with van der Waals surface area (Å²) >= 11 is 1.71. The highest BCUT2D eigenvalue weighted by molar-refractivity contribution is 7.11. The van der Waals surface area contributed by atoms with Gasteiger partial charge in [0.1, 0.15) is 5.01 Å². The number of carbonyl (C=O) groups is 1. The van der Waals surface area contributed by atoms with Crippen LogP contribution in [0.4, 0.5) is 0 Å². The molecule has 2 unspecified atom stereocenters. The fraction of sp³-hybridized carbons (Fsp3) is 0.714. The van der Waals surface area contributed by atoms with Crippen molar-refractivity contribution in [2.75, 3.05) is 6.54 Å². The minimum absolute atomic E-state index is 0.0489. The summed E-state index contributed by atoms with van der Waals surface area (Å²) in [7, 11) is 0. The standard InChI is InChI=1S/C14H25N3OS/c1-6-12-8-16-14(19-12)11(5)17-10(4)13(18)15-7-9(2)3/h8-11,17H,6-7H2,1-5H3,(H,15,18). The Morgan fingerprint density at radius 2 is 2.05 bits per heavy atom. The number of aryl methyl sites for hydroxylation is 1. The maximum atomic E-state index is 11.9. The van der Waals surface area contributed by atoms with Crippen molar-refractivity contribution in [1.29, 1.82) is 0 Å². The zero-order valence-corrected chi connectivity index (χ0v) is 13.3. The maximum absolute atomic E-state index is 11.9. The number of aromatic nitrogens is 1. The molecule has 0 fully saturated rings. The fourth-order valence-electron chi connectivity index (χ4n) is 1.67. The molecule has 1 amide bonds. The van der Waals surface area contributed by atoms with E-state index in [0.29, 0.717) is 5.92 Å². The van der Waals surface area contributed by atoms with Gasteiger partial charge in [0.25, 0.3) is 0 Å². The third-order valence-corrected chi connectivity index (χ3v) is 4.19. The first-order chi connectivity index (χ1) is 8.93. The smallest absolute Gasteiger partial charge is 0.236 e. The van der Waals surface area contributed by atoms with Crippen LogP contribution in [0.5, 0.6) is 0 Å². The van der Waals surface area contributed by atoms with Gasteiger partial charge in [0, 0.05) is 17.6 Å². The van der Waals surface area contributed by atoms with Crippen molar-refractivity contribution in [3.63, 3.8) is 0 Å². The van der Waals surface area contributed by atoms with Crippen LogP contribution in [0.3, 0.4) is 0 Å². The molecule has 1 rings (SSSR count). The van der Waals surface area contributed by atoms with Crippen LogP contribution < -0.4 is 10.6 Å². The molecule has 1 aromatic heterocycles. The number of nitrogens with one attached hydrogen (secondary N) is 2. The minimum atomic E-state index is -0.206. The van der Waals surface area contributed by atoms with Crippen LogP contribution in [0, 0.1) is 5.92 Å². The highest BCUT2D eigenvalue weighted by Gasteiger charge is 2.18. The molecule has 5 heteroatoms. The quantitative estimate of drug-likeness (QED) is 0.808. The number of rotatable bonds is 7. The molecule has 2 atom stereocenters. The van der Waals surface area contributed by atoms with Crippen molar-refractivity contribution in [2.24, 2.45) is 5.92 Å². The van der Waals surface area contributed by atoms with E-state index < -0.39 is 0 Å². The normalized spacial score (nSPS) is 14.4. The summed E-state index contributed by atoms with van der Waals surface area (Å²) in [5.74, 6) is 0.521. The summed E-state index contributed by atoms with van der Waals surface area (Å²) in [6, 6.07) is -0.104. The van der Waals surface area contributed by atoms with Gasteiger partial charge >= 0.3 is 0 Å². The molecule has 1 heterocycles. The zero-order chi connectivity index (χ0) is 14.4. The number of thiazole rings is 1. The molecule has 0 spiro atoms. The van der Waals surface area contributed by atoms with Gasteiger partial charge in [-0.05, 0) is 26.2 Å². The number of carbonyl (C=O) groups excluding carboxylic acids is 1. The lowest BCUT2D eigenvalue weighted by Crippen LogP contribution is -2.44. The third kappa shape index (κ3) is 5.28. The van der Waals surface area contributed by atoms with Gasteiger partial charge in [-0.15, -0.1) is 11.3 Å². The largest absolute Gasteiger partial charge is 0.354 e. The van der Waals surface area contributed by atoms with Gasteiger partial charge in [-0.3, -0.25) is 10.1 Å². The Bertz CT molecular complexity index is 403. The molecule has 0 saturated carbocycles. The Hall–Kier alpha value is -0.940. The van der Waals surface area contributed by atoms with Crippen molar-refractivity contribution in [2.45, 2.75) is 53.1 Å². The number of nitrogens with zero attached hydrogens (tertiary/aromatic N) is 1. The lowest BCUT2D eigenvalue weighted by atomic mass is 10.2. The molecule has 4 nitrogen and oxygen atoms in total. The van der Waals surface area contributed by atoms with Gasteiger partial charge in [0.2, 0.25) is 5.91 Å². The predicted molar refractivity (Wildman–Crippen MR) is 80.4 cm³/mol. The van der Waals surface area contributed by atoms with Crippen molar-refractivity contribution >= 4 is 17.2 Å². The monoisotopic (exact) mass is 283 g/mol. The van der Waals surface area contributed by atoms with Crippen LogP contribution in [0.1, 0.15) is 50.5 Å². The Morgan fingerprint density at radius 1 is 1.37 bits per heavy atom. The van der Waals surface area contributed by atoms with Crippen molar-refractivity contribution in [3.8, 4) is 0 Å². The molecule has 1 aromatic rings. The highest BCUT2D eigenvalue weighted by Crippen LogP contribution is 2.20. The van der Waals surface area contributed by atoms with E-state index in [4.69, 9.17) is 0 Å².